The van der Waals surface area contributed by atoms with Crippen LogP contribution in [-0.4, -0.2) is 36.1 Å². The molecular weight excluding hydrogens is 296 g/mol. The van der Waals surface area contributed by atoms with E-state index in [-0.39, 0.29) is 30.5 Å². The second kappa shape index (κ2) is 8.08. The van der Waals surface area contributed by atoms with Crippen molar-refractivity contribution in [2.75, 3.05) is 7.11 Å². The van der Waals surface area contributed by atoms with Crippen LogP contribution < -0.4 is 10.1 Å². The highest BCUT2D eigenvalue weighted by Crippen LogP contribution is 2.18. The first-order chi connectivity index (χ1) is 11.1. The zero-order valence-corrected chi connectivity index (χ0v) is 13.9. The average molecular weight is 320 g/mol. The molecule has 0 spiro atoms. The highest BCUT2D eigenvalue weighted by Gasteiger charge is 2.40. The molecule has 23 heavy (non-hydrogen) atoms. The Morgan fingerprint density at radius 2 is 1.91 bits per heavy atom. The fraction of sp³-hybridized carbons (Fsp3) is 0.529. The van der Waals surface area contributed by atoms with Crippen molar-refractivity contribution >= 4 is 11.8 Å². The lowest BCUT2D eigenvalue weighted by Crippen LogP contribution is -2.62. The number of carbonyl (C=O) groups is 2. The molecule has 0 radical (unpaired) electrons. The van der Waals surface area contributed by atoms with Crippen molar-refractivity contribution in [2.24, 2.45) is 0 Å². The van der Waals surface area contributed by atoms with Crippen LogP contribution >= 0.6 is 0 Å². The fourth-order valence-electron chi connectivity index (χ4n) is 2.59. The van der Waals surface area contributed by atoms with E-state index in [1.807, 2.05) is 38.1 Å². The summed E-state index contributed by atoms with van der Waals surface area (Å²) in [4.78, 5) is 30.3. The van der Waals surface area contributed by atoms with E-state index in [1.54, 1.807) is 7.11 Å². The van der Waals surface area contributed by atoms with Gasteiger partial charge in [0.1, 0.15) is 12.4 Å². The predicted molar refractivity (Wildman–Crippen MR) is 85.5 cm³/mol. The third-order valence-electron chi connectivity index (χ3n) is 3.88. The summed E-state index contributed by atoms with van der Waals surface area (Å²) in [6, 6.07) is 6.60. The number of benzene rings is 1. The summed E-state index contributed by atoms with van der Waals surface area (Å²) < 4.78 is 5.16. The van der Waals surface area contributed by atoms with Gasteiger partial charge >= 0.3 is 0 Å². The molecule has 2 rings (SSSR count). The summed E-state index contributed by atoms with van der Waals surface area (Å²) in [6.07, 6.45) is 2.16. The Labute approximate surface area is 136 Å². The van der Waals surface area contributed by atoms with Crippen molar-refractivity contribution in [1.82, 2.24) is 10.4 Å². The molecule has 126 valence electrons. The zero-order chi connectivity index (χ0) is 16.8. The molecule has 0 saturated carbocycles. The summed E-state index contributed by atoms with van der Waals surface area (Å²) in [7, 11) is 1.59. The molecule has 2 unspecified atom stereocenters. The number of hydroxylamine groups is 2. The largest absolute Gasteiger partial charge is 0.497 e. The van der Waals surface area contributed by atoms with Gasteiger partial charge in [-0.15, -0.1) is 0 Å². The van der Waals surface area contributed by atoms with Crippen molar-refractivity contribution in [2.45, 2.75) is 51.8 Å². The van der Waals surface area contributed by atoms with Crippen LogP contribution in [0.3, 0.4) is 0 Å². The first-order valence-corrected chi connectivity index (χ1v) is 8.00. The van der Waals surface area contributed by atoms with Crippen LogP contribution in [0, 0.1) is 0 Å². The van der Waals surface area contributed by atoms with Gasteiger partial charge in [-0.2, -0.15) is 5.06 Å². The molecule has 2 atom stereocenters. The Balaban J connectivity index is 2.08. The summed E-state index contributed by atoms with van der Waals surface area (Å²) >= 11 is 0. The fourth-order valence-corrected chi connectivity index (χ4v) is 2.59. The molecule has 0 aromatic heterocycles. The standard InChI is InChI=1S/C17H24N2O4/c1-4-7-15-17(21)19(16(20)14(5-2)18-15)23-11-12-8-6-9-13(10-12)22-3/h6,8-10,14-15,18H,4-5,7,11H2,1-3H3. The number of piperazine rings is 1. The third kappa shape index (κ3) is 4.09. The van der Waals surface area contributed by atoms with Crippen molar-refractivity contribution in [3.8, 4) is 5.75 Å². The normalized spacial score (nSPS) is 21.6. The minimum atomic E-state index is -0.380. The molecule has 2 amide bonds. The second-order valence-corrected chi connectivity index (χ2v) is 5.56. The number of rotatable bonds is 7. The molecule has 1 aromatic carbocycles. The molecule has 6 nitrogen and oxygen atoms in total. The Kier molecular flexibility index (Phi) is 6.12. The van der Waals surface area contributed by atoms with E-state index in [4.69, 9.17) is 9.57 Å². The summed E-state index contributed by atoms with van der Waals surface area (Å²) in [6.45, 7) is 4.06. The van der Waals surface area contributed by atoms with Crippen LogP contribution in [0.15, 0.2) is 24.3 Å². The number of methoxy groups -OCH3 is 1. The maximum atomic E-state index is 12.4. The summed E-state index contributed by atoms with van der Waals surface area (Å²) in [5, 5.41) is 4.04. The van der Waals surface area contributed by atoms with Gasteiger partial charge < -0.3 is 4.74 Å². The SMILES string of the molecule is CCCC1NC(CC)C(=O)N(OCc2cccc(OC)c2)C1=O. The zero-order valence-electron chi connectivity index (χ0n) is 13.9. The van der Waals surface area contributed by atoms with Gasteiger partial charge in [0, 0.05) is 0 Å². The van der Waals surface area contributed by atoms with Gasteiger partial charge in [-0.1, -0.05) is 32.4 Å². The summed E-state index contributed by atoms with van der Waals surface area (Å²) in [5.41, 5.74) is 0.837. The van der Waals surface area contributed by atoms with Crippen molar-refractivity contribution < 1.29 is 19.2 Å². The average Bonchev–Trinajstić information content (AvgIpc) is 2.57. The van der Waals surface area contributed by atoms with Gasteiger partial charge in [0.05, 0.1) is 19.2 Å². The number of nitrogens with zero attached hydrogens (tertiary/aromatic N) is 1. The number of nitrogens with one attached hydrogen (secondary N) is 1. The van der Waals surface area contributed by atoms with Gasteiger partial charge in [0.15, 0.2) is 0 Å². The number of amides is 2. The molecule has 1 fully saturated rings. The molecule has 1 saturated heterocycles. The Morgan fingerprint density at radius 1 is 1.17 bits per heavy atom. The lowest BCUT2D eigenvalue weighted by Gasteiger charge is -2.35. The first kappa shape index (κ1) is 17.4. The number of carbonyl (C=O) groups excluding carboxylic acids is 2. The maximum Gasteiger partial charge on any atom is 0.270 e. The van der Waals surface area contributed by atoms with E-state index >= 15 is 0 Å². The van der Waals surface area contributed by atoms with Crippen LogP contribution in [0.5, 0.6) is 5.75 Å². The van der Waals surface area contributed by atoms with Gasteiger partial charge in [0.2, 0.25) is 0 Å². The molecule has 0 bridgehead atoms. The molecule has 6 heteroatoms. The highest BCUT2D eigenvalue weighted by atomic mass is 16.7. The number of ether oxygens (including phenoxy) is 1. The van der Waals surface area contributed by atoms with Crippen LogP contribution in [0.2, 0.25) is 0 Å². The minimum absolute atomic E-state index is 0.143. The molecule has 1 aliphatic heterocycles. The van der Waals surface area contributed by atoms with Crippen LogP contribution in [-0.2, 0) is 21.0 Å². The van der Waals surface area contributed by atoms with E-state index < -0.39 is 0 Å². The van der Waals surface area contributed by atoms with E-state index in [0.717, 1.165) is 17.0 Å². The number of imide groups is 1. The maximum absolute atomic E-state index is 12.4. The van der Waals surface area contributed by atoms with Gasteiger partial charge in [0.25, 0.3) is 11.8 Å². The second-order valence-electron chi connectivity index (χ2n) is 5.56. The Morgan fingerprint density at radius 3 is 2.57 bits per heavy atom. The van der Waals surface area contributed by atoms with Crippen LogP contribution in [0.4, 0.5) is 0 Å². The Hall–Kier alpha value is -1.92. The van der Waals surface area contributed by atoms with Crippen molar-refractivity contribution in [1.29, 1.82) is 0 Å². The van der Waals surface area contributed by atoms with Crippen LogP contribution in [0.25, 0.3) is 0 Å². The van der Waals surface area contributed by atoms with E-state index in [1.165, 1.54) is 0 Å². The molecule has 1 N–H and O–H groups in total. The smallest absolute Gasteiger partial charge is 0.270 e. The molecular formula is C17H24N2O4. The molecule has 0 aliphatic carbocycles. The predicted octanol–water partition coefficient (Wildman–Crippen LogP) is 2.03. The lowest BCUT2D eigenvalue weighted by molar-refractivity contribution is -0.207. The van der Waals surface area contributed by atoms with Gasteiger partial charge in [-0.3, -0.25) is 19.7 Å². The molecule has 1 aliphatic rings. The van der Waals surface area contributed by atoms with E-state index in [9.17, 15) is 9.59 Å². The molecule has 1 heterocycles. The monoisotopic (exact) mass is 320 g/mol. The van der Waals surface area contributed by atoms with Crippen molar-refractivity contribution in [3.05, 3.63) is 29.8 Å². The Bertz CT molecular complexity index is 561. The number of hydrogen-bond acceptors (Lipinski definition) is 5. The van der Waals surface area contributed by atoms with E-state index in [0.29, 0.717) is 18.6 Å². The first-order valence-electron chi connectivity index (χ1n) is 8.00. The third-order valence-corrected chi connectivity index (χ3v) is 3.88. The molecule has 1 aromatic rings. The lowest BCUT2D eigenvalue weighted by atomic mass is 10.0. The van der Waals surface area contributed by atoms with Gasteiger partial charge in [-0.05, 0) is 30.5 Å². The van der Waals surface area contributed by atoms with Crippen molar-refractivity contribution in [3.63, 3.8) is 0 Å². The van der Waals surface area contributed by atoms with Gasteiger partial charge in [-0.25, -0.2) is 0 Å². The topological polar surface area (TPSA) is 67.9 Å². The van der Waals surface area contributed by atoms with E-state index in [2.05, 4.69) is 5.32 Å². The number of hydrogen-bond donors (Lipinski definition) is 1. The quantitative estimate of drug-likeness (QED) is 0.779. The van der Waals surface area contributed by atoms with Crippen LogP contribution in [0.1, 0.15) is 38.7 Å². The minimum Gasteiger partial charge on any atom is -0.497 e. The summed E-state index contributed by atoms with van der Waals surface area (Å²) in [5.74, 6) is 0.0663. The highest BCUT2D eigenvalue weighted by molar-refractivity contribution is 6.01.